The predicted molar refractivity (Wildman–Crippen MR) is 76.4 cm³/mol. The van der Waals surface area contributed by atoms with E-state index < -0.39 is 0 Å². The Kier molecular flexibility index (Phi) is 5.94. The summed E-state index contributed by atoms with van der Waals surface area (Å²) in [4.78, 5) is 2.66. The summed E-state index contributed by atoms with van der Waals surface area (Å²) in [7, 11) is 0. The van der Waals surface area contributed by atoms with Crippen LogP contribution in [0.4, 0.5) is 0 Å². The van der Waals surface area contributed by atoms with E-state index in [4.69, 9.17) is 0 Å². The van der Waals surface area contributed by atoms with Gasteiger partial charge in [0.25, 0.3) is 0 Å². The molecule has 1 N–H and O–H groups in total. The van der Waals surface area contributed by atoms with Crippen LogP contribution in [0.15, 0.2) is 0 Å². The number of piperidine rings is 1. The molecule has 0 saturated carbocycles. The molecular formula is C15H32N2. The van der Waals surface area contributed by atoms with E-state index in [1.165, 1.54) is 38.9 Å². The SMILES string of the molecule is CCCNC(C)C(C)(C)CN1CCCC(C)C1. The fraction of sp³-hybridized carbons (Fsp3) is 1.00. The molecule has 0 radical (unpaired) electrons. The van der Waals surface area contributed by atoms with Crippen molar-refractivity contribution in [2.45, 2.75) is 59.9 Å². The minimum atomic E-state index is 0.367. The zero-order valence-corrected chi connectivity index (χ0v) is 12.6. The Hall–Kier alpha value is -0.0800. The molecule has 17 heavy (non-hydrogen) atoms. The van der Waals surface area contributed by atoms with Gasteiger partial charge in [0.05, 0.1) is 0 Å². The standard InChI is InChI=1S/C15H32N2/c1-6-9-16-14(3)15(4,5)12-17-10-7-8-13(2)11-17/h13-14,16H,6-12H2,1-5H3. The second kappa shape index (κ2) is 6.75. The van der Waals surface area contributed by atoms with Gasteiger partial charge in [-0.05, 0) is 50.6 Å². The zero-order chi connectivity index (χ0) is 12.9. The summed E-state index contributed by atoms with van der Waals surface area (Å²) in [5, 5.41) is 3.65. The second-order valence-electron chi connectivity index (χ2n) is 6.65. The van der Waals surface area contributed by atoms with Crippen molar-refractivity contribution >= 4 is 0 Å². The lowest BCUT2D eigenvalue weighted by Gasteiger charge is -2.40. The third-order valence-electron chi connectivity index (χ3n) is 4.24. The molecule has 102 valence electrons. The van der Waals surface area contributed by atoms with Gasteiger partial charge in [0, 0.05) is 19.1 Å². The summed E-state index contributed by atoms with van der Waals surface area (Å²) in [6.07, 6.45) is 4.02. The molecule has 0 bridgehead atoms. The van der Waals surface area contributed by atoms with Gasteiger partial charge in [-0.3, -0.25) is 0 Å². The van der Waals surface area contributed by atoms with Crippen molar-refractivity contribution < 1.29 is 0 Å². The van der Waals surface area contributed by atoms with Crippen LogP contribution in [-0.2, 0) is 0 Å². The van der Waals surface area contributed by atoms with E-state index in [1.54, 1.807) is 0 Å². The van der Waals surface area contributed by atoms with Crippen LogP contribution in [0.3, 0.4) is 0 Å². The monoisotopic (exact) mass is 240 g/mol. The van der Waals surface area contributed by atoms with Gasteiger partial charge in [-0.1, -0.05) is 27.7 Å². The lowest BCUT2D eigenvalue weighted by molar-refractivity contribution is 0.105. The van der Waals surface area contributed by atoms with Crippen molar-refractivity contribution in [1.29, 1.82) is 0 Å². The van der Waals surface area contributed by atoms with Gasteiger partial charge in [0.15, 0.2) is 0 Å². The second-order valence-corrected chi connectivity index (χ2v) is 6.65. The maximum Gasteiger partial charge on any atom is 0.0102 e. The highest BCUT2D eigenvalue weighted by atomic mass is 15.1. The number of nitrogens with zero attached hydrogens (tertiary/aromatic N) is 1. The van der Waals surface area contributed by atoms with Crippen LogP contribution < -0.4 is 5.32 Å². The normalized spacial score (nSPS) is 24.9. The average Bonchev–Trinajstić information content (AvgIpc) is 2.25. The number of rotatable bonds is 6. The molecule has 0 amide bonds. The van der Waals surface area contributed by atoms with Crippen molar-refractivity contribution in [2.75, 3.05) is 26.2 Å². The van der Waals surface area contributed by atoms with E-state index in [9.17, 15) is 0 Å². The van der Waals surface area contributed by atoms with Gasteiger partial charge in [0.2, 0.25) is 0 Å². The Balaban J connectivity index is 2.41. The van der Waals surface area contributed by atoms with Crippen LogP contribution >= 0.6 is 0 Å². The summed E-state index contributed by atoms with van der Waals surface area (Å²) in [5.74, 6) is 0.887. The van der Waals surface area contributed by atoms with Crippen LogP contribution in [-0.4, -0.2) is 37.1 Å². The molecule has 0 aromatic heterocycles. The molecule has 2 nitrogen and oxygen atoms in total. The molecule has 2 heteroatoms. The van der Waals surface area contributed by atoms with Crippen LogP contribution in [0, 0.1) is 11.3 Å². The van der Waals surface area contributed by atoms with Crippen LogP contribution in [0.5, 0.6) is 0 Å². The van der Waals surface area contributed by atoms with E-state index in [0.29, 0.717) is 11.5 Å². The molecule has 0 aromatic carbocycles. The lowest BCUT2D eigenvalue weighted by atomic mass is 9.83. The summed E-state index contributed by atoms with van der Waals surface area (Å²) < 4.78 is 0. The summed E-state index contributed by atoms with van der Waals surface area (Å²) >= 11 is 0. The van der Waals surface area contributed by atoms with Crippen LogP contribution in [0.2, 0.25) is 0 Å². The average molecular weight is 240 g/mol. The molecule has 0 aromatic rings. The van der Waals surface area contributed by atoms with Gasteiger partial charge in [-0.25, -0.2) is 0 Å². The molecule has 1 heterocycles. The lowest BCUT2D eigenvalue weighted by Crippen LogP contribution is -2.49. The molecule has 1 saturated heterocycles. The first-order valence-corrected chi connectivity index (χ1v) is 7.41. The van der Waals surface area contributed by atoms with Crippen molar-refractivity contribution in [1.82, 2.24) is 10.2 Å². The topological polar surface area (TPSA) is 15.3 Å². The Morgan fingerprint density at radius 1 is 1.41 bits per heavy atom. The first-order chi connectivity index (χ1) is 7.95. The largest absolute Gasteiger partial charge is 0.314 e. The van der Waals surface area contributed by atoms with Gasteiger partial charge in [0.1, 0.15) is 0 Å². The van der Waals surface area contributed by atoms with Crippen molar-refractivity contribution in [2.24, 2.45) is 11.3 Å². The first-order valence-electron chi connectivity index (χ1n) is 7.41. The zero-order valence-electron chi connectivity index (χ0n) is 12.6. The van der Waals surface area contributed by atoms with Crippen molar-refractivity contribution in [3.8, 4) is 0 Å². The third-order valence-corrected chi connectivity index (χ3v) is 4.24. The van der Waals surface area contributed by atoms with Gasteiger partial charge in [-0.2, -0.15) is 0 Å². The minimum Gasteiger partial charge on any atom is -0.314 e. The molecule has 1 aliphatic heterocycles. The van der Waals surface area contributed by atoms with Crippen molar-refractivity contribution in [3.05, 3.63) is 0 Å². The Labute approximate surface area is 108 Å². The fourth-order valence-corrected chi connectivity index (χ4v) is 2.78. The maximum absolute atomic E-state index is 3.65. The number of hydrogen-bond acceptors (Lipinski definition) is 2. The summed E-state index contributed by atoms with van der Waals surface area (Å²) in [6.45, 7) is 16.7. The highest BCUT2D eigenvalue weighted by Gasteiger charge is 2.29. The minimum absolute atomic E-state index is 0.367. The van der Waals surface area contributed by atoms with Gasteiger partial charge >= 0.3 is 0 Å². The Morgan fingerprint density at radius 3 is 2.71 bits per heavy atom. The molecule has 1 aliphatic rings. The van der Waals surface area contributed by atoms with E-state index >= 15 is 0 Å². The van der Waals surface area contributed by atoms with E-state index in [0.717, 1.165) is 12.5 Å². The highest BCUT2D eigenvalue weighted by molar-refractivity contribution is 4.85. The first kappa shape index (κ1) is 15.0. The quantitative estimate of drug-likeness (QED) is 0.767. The summed E-state index contributed by atoms with van der Waals surface area (Å²) in [6, 6.07) is 0.597. The van der Waals surface area contributed by atoms with E-state index in [1.807, 2.05) is 0 Å². The van der Waals surface area contributed by atoms with Crippen LogP contribution in [0.1, 0.15) is 53.9 Å². The molecule has 0 spiro atoms. The molecule has 2 atom stereocenters. The number of likely N-dealkylation sites (tertiary alicyclic amines) is 1. The molecule has 1 fully saturated rings. The predicted octanol–water partition coefficient (Wildman–Crippen LogP) is 3.13. The van der Waals surface area contributed by atoms with Crippen LogP contribution in [0.25, 0.3) is 0 Å². The number of hydrogen-bond donors (Lipinski definition) is 1. The maximum atomic E-state index is 3.65. The Morgan fingerprint density at radius 2 is 2.12 bits per heavy atom. The van der Waals surface area contributed by atoms with Gasteiger partial charge in [-0.15, -0.1) is 0 Å². The summed E-state index contributed by atoms with van der Waals surface area (Å²) in [5.41, 5.74) is 0.367. The van der Waals surface area contributed by atoms with Gasteiger partial charge < -0.3 is 10.2 Å². The fourth-order valence-electron chi connectivity index (χ4n) is 2.78. The Bertz CT molecular complexity index is 213. The molecule has 0 aliphatic carbocycles. The molecule has 1 rings (SSSR count). The third kappa shape index (κ3) is 4.97. The van der Waals surface area contributed by atoms with E-state index in [-0.39, 0.29) is 0 Å². The molecular weight excluding hydrogens is 208 g/mol. The van der Waals surface area contributed by atoms with E-state index in [2.05, 4.69) is 44.8 Å². The highest BCUT2D eigenvalue weighted by Crippen LogP contribution is 2.25. The smallest absolute Gasteiger partial charge is 0.0102 e. The number of nitrogens with one attached hydrogen (secondary N) is 1. The van der Waals surface area contributed by atoms with Crippen molar-refractivity contribution in [3.63, 3.8) is 0 Å². The molecule has 2 unspecified atom stereocenters.